The van der Waals surface area contributed by atoms with Crippen LogP contribution in [0, 0.1) is 23.7 Å². The Labute approximate surface area is 117 Å². The molecule has 0 radical (unpaired) electrons. The highest BCUT2D eigenvalue weighted by molar-refractivity contribution is 5.56. The molecule has 2 rings (SSSR count). The van der Waals surface area contributed by atoms with Crippen molar-refractivity contribution in [3.63, 3.8) is 0 Å². The first-order valence-electron chi connectivity index (χ1n) is 5.90. The van der Waals surface area contributed by atoms with Gasteiger partial charge in [-0.1, -0.05) is 17.8 Å². The Kier molecular flexibility index (Phi) is 3.84. The van der Waals surface area contributed by atoms with Gasteiger partial charge < -0.3 is 15.3 Å². The van der Waals surface area contributed by atoms with E-state index < -0.39 is 17.2 Å². The van der Waals surface area contributed by atoms with Crippen molar-refractivity contribution in [3.05, 3.63) is 53.1 Å². The summed E-state index contributed by atoms with van der Waals surface area (Å²) < 4.78 is 0. The third-order valence-corrected chi connectivity index (χ3v) is 2.58. The Morgan fingerprint density at radius 1 is 0.700 bits per heavy atom. The van der Waals surface area contributed by atoms with E-state index >= 15 is 0 Å². The lowest BCUT2D eigenvalue weighted by Crippen LogP contribution is -1.79. The highest BCUT2D eigenvalue weighted by Crippen LogP contribution is 2.34. The second-order valence-corrected chi connectivity index (χ2v) is 4.07. The summed E-state index contributed by atoms with van der Waals surface area (Å²) in [5.41, 5.74) is 2.12. The fraction of sp³-hybridized carbons (Fsp3) is 0.0588. The molecule has 2 aromatic rings. The number of benzene rings is 2. The van der Waals surface area contributed by atoms with E-state index in [4.69, 9.17) is 0 Å². The van der Waals surface area contributed by atoms with Crippen molar-refractivity contribution in [1.29, 1.82) is 0 Å². The second-order valence-electron chi connectivity index (χ2n) is 4.07. The van der Waals surface area contributed by atoms with Gasteiger partial charge in [0, 0.05) is 16.7 Å². The van der Waals surface area contributed by atoms with Crippen molar-refractivity contribution < 1.29 is 15.3 Å². The molecule has 0 atom stereocenters. The number of phenols is 3. The zero-order valence-corrected chi connectivity index (χ0v) is 10.8. The van der Waals surface area contributed by atoms with E-state index in [9.17, 15) is 15.3 Å². The first-order valence-corrected chi connectivity index (χ1v) is 5.90. The van der Waals surface area contributed by atoms with Gasteiger partial charge in [-0.05, 0) is 43.3 Å². The van der Waals surface area contributed by atoms with Crippen molar-refractivity contribution in [2.75, 3.05) is 0 Å². The maximum absolute atomic E-state index is 9.38. The highest BCUT2D eigenvalue weighted by atomic mass is 16.3. The Morgan fingerprint density at radius 3 is 1.65 bits per heavy atom. The molecule has 3 nitrogen and oxygen atoms in total. The summed E-state index contributed by atoms with van der Waals surface area (Å²) in [4.78, 5) is 0. The summed E-state index contributed by atoms with van der Waals surface area (Å²) >= 11 is 0. The van der Waals surface area contributed by atoms with Crippen LogP contribution in [-0.2, 0) is 0 Å². The van der Waals surface area contributed by atoms with Crippen LogP contribution < -0.4 is 0 Å². The van der Waals surface area contributed by atoms with Crippen molar-refractivity contribution in [2.24, 2.45) is 0 Å². The van der Waals surface area contributed by atoms with Gasteiger partial charge in [-0.25, -0.2) is 0 Å². The molecule has 20 heavy (non-hydrogen) atoms. The molecule has 0 saturated carbocycles. The van der Waals surface area contributed by atoms with Crippen LogP contribution in [0.15, 0.2) is 36.4 Å². The minimum absolute atomic E-state index is 0.400. The van der Waals surface area contributed by atoms with Crippen LogP contribution >= 0.6 is 0 Å². The van der Waals surface area contributed by atoms with Gasteiger partial charge in [0.15, 0.2) is 17.2 Å². The van der Waals surface area contributed by atoms with Crippen LogP contribution in [0.4, 0.5) is 0 Å². The Balaban J connectivity index is 2.28. The predicted octanol–water partition coefficient (Wildman–Crippen LogP) is 2.57. The number of rotatable bonds is 0. The van der Waals surface area contributed by atoms with Gasteiger partial charge in [0.05, 0.1) is 0 Å². The molecule has 98 valence electrons. The fourth-order valence-corrected chi connectivity index (χ4v) is 1.60. The van der Waals surface area contributed by atoms with E-state index in [0.717, 1.165) is 11.1 Å². The molecule has 0 aliphatic rings. The van der Waals surface area contributed by atoms with Crippen molar-refractivity contribution >= 4 is 0 Å². The molecule has 0 bridgehead atoms. The Hall–Kier alpha value is -3.04. The lowest BCUT2D eigenvalue weighted by Gasteiger charge is -2.00. The van der Waals surface area contributed by atoms with E-state index in [2.05, 4.69) is 23.7 Å². The van der Waals surface area contributed by atoms with E-state index in [1.54, 1.807) is 6.92 Å². The number of hydrogen-bond donors (Lipinski definition) is 3. The van der Waals surface area contributed by atoms with Crippen LogP contribution in [0.2, 0.25) is 0 Å². The molecule has 0 heterocycles. The zero-order valence-electron chi connectivity index (χ0n) is 10.8. The maximum Gasteiger partial charge on any atom is 0.200 e. The van der Waals surface area contributed by atoms with E-state index in [1.165, 1.54) is 12.1 Å². The third kappa shape index (κ3) is 3.04. The molecule has 0 unspecified atom stereocenters. The standard InChI is InChI=1S/C17H12O3/c1-2-3-12-4-6-13(7-5-12)8-9-14-10-15(18)17(20)16(19)11-14/h4-7,10-11,18-20H,1H3. The molecule has 0 saturated heterocycles. The summed E-state index contributed by atoms with van der Waals surface area (Å²) in [5.74, 6) is 10.1. The molecule has 2 aromatic carbocycles. The molecular weight excluding hydrogens is 252 g/mol. The lowest BCUT2D eigenvalue weighted by atomic mass is 10.1. The topological polar surface area (TPSA) is 60.7 Å². The van der Waals surface area contributed by atoms with Gasteiger partial charge in [-0.15, -0.1) is 5.92 Å². The molecule has 0 aliphatic heterocycles. The van der Waals surface area contributed by atoms with E-state index in [-0.39, 0.29) is 0 Å². The average molecular weight is 264 g/mol. The Morgan fingerprint density at radius 2 is 1.15 bits per heavy atom. The molecule has 3 heteroatoms. The number of aromatic hydroxyl groups is 3. The molecule has 0 spiro atoms. The van der Waals surface area contributed by atoms with Crippen molar-refractivity contribution in [2.45, 2.75) is 6.92 Å². The van der Waals surface area contributed by atoms with Gasteiger partial charge in [0.1, 0.15) is 0 Å². The summed E-state index contributed by atoms with van der Waals surface area (Å²) in [5, 5.41) is 28.0. The number of phenolic OH excluding ortho intramolecular Hbond substituents is 3. The smallest absolute Gasteiger partial charge is 0.200 e. The molecule has 3 N–H and O–H groups in total. The van der Waals surface area contributed by atoms with Crippen LogP contribution in [-0.4, -0.2) is 15.3 Å². The average Bonchev–Trinajstić information content (AvgIpc) is 2.44. The van der Waals surface area contributed by atoms with Crippen LogP contribution in [0.3, 0.4) is 0 Å². The minimum atomic E-state index is -0.543. The molecule has 0 amide bonds. The summed E-state index contributed by atoms with van der Waals surface area (Å²) in [6.45, 7) is 1.78. The van der Waals surface area contributed by atoms with Crippen molar-refractivity contribution in [3.8, 4) is 40.9 Å². The van der Waals surface area contributed by atoms with Gasteiger partial charge in [-0.2, -0.15) is 0 Å². The van der Waals surface area contributed by atoms with Crippen LogP contribution in [0.25, 0.3) is 0 Å². The van der Waals surface area contributed by atoms with E-state index in [1.807, 2.05) is 24.3 Å². The largest absolute Gasteiger partial charge is 0.504 e. The normalized spacial score (nSPS) is 9.05. The van der Waals surface area contributed by atoms with Crippen molar-refractivity contribution in [1.82, 2.24) is 0 Å². The van der Waals surface area contributed by atoms with E-state index in [0.29, 0.717) is 5.56 Å². The highest BCUT2D eigenvalue weighted by Gasteiger charge is 2.06. The first kappa shape index (κ1) is 13.4. The van der Waals surface area contributed by atoms with Gasteiger partial charge in [-0.3, -0.25) is 0 Å². The summed E-state index contributed by atoms with van der Waals surface area (Å²) in [6.07, 6.45) is 0. The third-order valence-electron chi connectivity index (χ3n) is 2.58. The SMILES string of the molecule is CC#Cc1ccc(C#Cc2cc(O)c(O)c(O)c2)cc1. The van der Waals surface area contributed by atoms with Gasteiger partial charge in [0.2, 0.25) is 0 Å². The monoisotopic (exact) mass is 264 g/mol. The summed E-state index contributed by atoms with van der Waals surface area (Å²) in [6, 6.07) is 10.00. The molecular formula is C17H12O3. The predicted molar refractivity (Wildman–Crippen MR) is 76.4 cm³/mol. The number of hydrogen-bond acceptors (Lipinski definition) is 3. The second kappa shape index (κ2) is 5.73. The first-order chi connectivity index (χ1) is 9.60. The molecule has 0 fully saturated rings. The Bertz CT molecular complexity index is 728. The quantitative estimate of drug-likeness (QED) is 0.506. The fourth-order valence-electron chi connectivity index (χ4n) is 1.60. The zero-order chi connectivity index (χ0) is 14.5. The molecule has 0 aromatic heterocycles. The summed E-state index contributed by atoms with van der Waals surface area (Å²) in [7, 11) is 0. The van der Waals surface area contributed by atoms with Gasteiger partial charge >= 0.3 is 0 Å². The minimum Gasteiger partial charge on any atom is -0.504 e. The van der Waals surface area contributed by atoms with Gasteiger partial charge in [0.25, 0.3) is 0 Å². The molecule has 0 aliphatic carbocycles. The maximum atomic E-state index is 9.38. The van der Waals surface area contributed by atoms with Crippen LogP contribution in [0.5, 0.6) is 17.2 Å². The van der Waals surface area contributed by atoms with Crippen LogP contribution in [0.1, 0.15) is 23.6 Å². The lowest BCUT2D eigenvalue weighted by molar-refractivity contribution is 0.367.